The van der Waals surface area contributed by atoms with Crippen LogP contribution in [-0.2, 0) is 30.7 Å². The fourth-order valence-electron chi connectivity index (χ4n) is 5.70. The van der Waals surface area contributed by atoms with Crippen LogP contribution >= 0.6 is 0 Å². The molecular weight excluding hydrogens is 503 g/mol. The van der Waals surface area contributed by atoms with Gasteiger partial charge in [0.15, 0.2) is 5.78 Å². The molecule has 3 aliphatic rings. The van der Waals surface area contributed by atoms with Crippen molar-refractivity contribution in [2.75, 3.05) is 13.1 Å². The number of carbonyl (C=O) groups is 2. The Morgan fingerprint density at radius 1 is 1.00 bits per heavy atom. The molecule has 2 aromatic carbocycles. The number of piperidine rings is 1. The maximum Gasteiger partial charge on any atom is 0.258 e. The molecule has 0 unspecified atom stereocenters. The molecule has 0 saturated carbocycles. The van der Waals surface area contributed by atoms with E-state index in [1.165, 1.54) is 54.3 Å². The van der Waals surface area contributed by atoms with Gasteiger partial charge in [0.2, 0.25) is 0 Å². The lowest BCUT2D eigenvalue weighted by Gasteiger charge is -2.26. The maximum atomic E-state index is 13.1. The smallest absolute Gasteiger partial charge is 0.258 e. The molecule has 1 aliphatic heterocycles. The Morgan fingerprint density at radius 3 is 2.62 bits per heavy atom. The molecule has 6 nitrogen and oxygen atoms in total. The van der Waals surface area contributed by atoms with Gasteiger partial charge in [-0.25, -0.2) is 4.39 Å². The lowest BCUT2D eigenvalue weighted by molar-refractivity contribution is -0.114. The molecule has 0 atom stereocenters. The summed E-state index contributed by atoms with van der Waals surface area (Å²) < 4.78 is 14.8. The van der Waals surface area contributed by atoms with Crippen molar-refractivity contribution in [3.63, 3.8) is 0 Å². The van der Waals surface area contributed by atoms with Crippen LogP contribution in [0.25, 0.3) is 6.08 Å². The minimum Gasteiger partial charge on any atom is -0.322 e. The number of rotatable bonds is 8. The first-order valence-corrected chi connectivity index (χ1v) is 14.1. The first kappa shape index (κ1) is 26.1. The zero-order valence-electron chi connectivity index (χ0n) is 22.5. The van der Waals surface area contributed by atoms with Gasteiger partial charge in [-0.2, -0.15) is 5.10 Å². The first-order valence-electron chi connectivity index (χ1n) is 14.1. The summed E-state index contributed by atoms with van der Waals surface area (Å²) in [7, 11) is 0. The van der Waals surface area contributed by atoms with E-state index in [1.807, 2.05) is 0 Å². The van der Waals surface area contributed by atoms with E-state index in [2.05, 4.69) is 39.6 Å². The molecule has 0 spiro atoms. The van der Waals surface area contributed by atoms with Crippen molar-refractivity contribution >= 4 is 17.8 Å². The van der Waals surface area contributed by atoms with Crippen LogP contribution in [0.2, 0.25) is 0 Å². The van der Waals surface area contributed by atoms with Gasteiger partial charge in [-0.05, 0) is 84.8 Å². The molecule has 2 aliphatic carbocycles. The number of allylic oxidation sites excluding steroid dienone is 4. The van der Waals surface area contributed by atoms with Crippen LogP contribution in [0.4, 0.5) is 4.39 Å². The number of carbonyl (C=O) groups excluding carboxylic acids is 2. The summed E-state index contributed by atoms with van der Waals surface area (Å²) in [4.78, 5) is 28.3. The molecule has 3 aromatic rings. The highest BCUT2D eigenvalue weighted by Crippen LogP contribution is 2.33. The molecule has 40 heavy (non-hydrogen) atoms. The number of hydrogen-bond acceptors (Lipinski definition) is 4. The Balaban J connectivity index is 1.09. The molecular formula is C33H33FN4O2. The molecule has 1 N–H and O–H groups in total. The number of hydrogen-bond donors (Lipinski definition) is 1. The predicted molar refractivity (Wildman–Crippen MR) is 153 cm³/mol. The molecule has 2 heterocycles. The summed E-state index contributed by atoms with van der Waals surface area (Å²) in [5, 5.41) is 7.24. The molecule has 1 aromatic heterocycles. The third-order valence-corrected chi connectivity index (χ3v) is 7.93. The topological polar surface area (TPSA) is 67.2 Å². The van der Waals surface area contributed by atoms with Gasteiger partial charge in [-0.15, -0.1) is 0 Å². The van der Waals surface area contributed by atoms with E-state index >= 15 is 0 Å². The Morgan fingerprint density at radius 2 is 1.80 bits per heavy atom. The van der Waals surface area contributed by atoms with Crippen molar-refractivity contribution in [1.29, 1.82) is 0 Å². The zero-order valence-corrected chi connectivity index (χ0v) is 22.5. The van der Waals surface area contributed by atoms with Gasteiger partial charge in [-0.3, -0.25) is 19.2 Å². The Labute approximate surface area is 233 Å². The highest BCUT2D eigenvalue weighted by molar-refractivity contribution is 6.04. The minimum atomic E-state index is -0.268. The van der Waals surface area contributed by atoms with Gasteiger partial charge in [-0.1, -0.05) is 48.9 Å². The SMILES string of the molecule is O=C1CC=C(NC(=O)c2cnn(CCc3ccc(F)cc3)c2)C=C1C1=Cc2cc(CN3CCCCC3)ccc2C1. The second kappa shape index (κ2) is 11.6. The standard InChI is InChI=1S/C33H33FN4O2/c34-29-8-5-23(6-9-29)12-15-38-22-28(20-35-38)33(40)36-30-10-11-32(39)31(19-30)27-17-25-7-4-24(16-26(25)18-27)21-37-13-2-1-3-14-37/h4-10,16,18-20,22H,1-3,11-15,17,21H2,(H,36,40). The first-order chi connectivity index (χ1) is 19.5. The highest BCUT2D eigenvalue weighted by atomic mass is 19.1. The largest absolute Gasteiger partial charge is 0.322 e. The number of aromatic nitrogens is 2. The second-order valence-electron chi connectivity index (χ2n) is 10.9. The fourth-order valence-corrected chi connectivity index (χ4v) is 5.70. The van der Waals surface area contributed by atoms with Crippen LogP contribution in [0.3, 0.4) is 0 Å². The third kappa shape index (κ3) is 6.05. The van der Waals surface area contributed by atoms with Gasteiger partial charge in [0.05, 0.1) is 11.8 Å². The Hall–Kier alpha value is -4.10. The molecule has 0 radical (unpaired) electrons. The fraction of sp³-hybridized carbons (Fsp3) is 0.303. The number of amides is 1. The quantitative estimate of drug-likeness (QED) is 0.419. The van der Waals surface area contributed by atoms with E-state index < -0.39 is 0 Å². The normalized spacial score (nSPS) is 17.2. The second-order valence-corrected chi connectivity index (χ2v) is 10.9. The zero-order chi connectivity index (χ0) is 27.5. The number of aryl methyl sites for hydroxylation is 2. The average Bonchev–Trinajstić information content (AvgIpc) is 3.62. The predicted octanol–water partition coefficient (Wildman–Crippen LogP) is 5.40. The van der Waals surface area contributed by atoms with Gasteiger partial charge < -0.3 is 5.32 Å². The number of benzene rings is 2. The lowest BCUT2D eigenvalue weighted by atomic mass is 9.93. The summed E-state index contributed by atoms with van der Waals surface area (Å²) in [5.41, 5.74) is 7.48. The number of nitrogens with one attached hydrogen (secondary N) is 1. The number of nitrogens with zero attached hydrogens (tertiary/aromatic N) is 3. The molecule has 204 valence electrons. The number of Topliss-reactive ketones (excluding diaryl/α,β-unsaturated/α-hetero) is 1. The van der Waals surface area contributed by atoms with Crippen LogP contribution in [0, 0.1) is 5.82 Å². The van der Waals surface area contributed by atoms with Crippen molar-refractivity contribution in [3.8, 4) is 0 Å². The highest BCUT2D eigenvalue weighted by Gasteiger charge is 2.24. The van der Waals surface area contributed by atoms with E-state index in [9.17, 15) is 14.0 Å². The van der Waals surface area contributed by atoms with E-state index in [1.54, 1.807) is 35.2 Å². The van der Waals surface area contributed by atoms with E-state index in [0.29, 0.717) is 29.8 Å². The molecule has 0 bridgehead atoms. The van der Waals surface area contributed by atoms with Crippen LogP contribution in [0.1, 0.15) is 58.3 Å². The molecule has 6 rings (SSSR count). The third-order valence-electron chi connectivity index (χ3n) is 7.93. The minimum absolute atomic E-state index is 0.0687. The summed E-state index contributed by atoms with van der Waals surface area (Å²) in [6, 6.07) is 13.0. The van der Waals surface area contributed by atoms with Gasteiger partial charge in [0.1, 0.15) is 5.82 Å². The number of ketones is 1. The summed E-state index contributed by atoms with van der Waals surface area (Å²) >= 11 is 0. The lowest BCUT2D eigenvalue weighted by Crippen LogP contribution is -2.29. The summed E-state index contributed by atoms with van der Waals surface area (Å²) in [6.07, 6.45) is 14.5. The monoisotopic (exact) mass is 536 g/mol. The van der Waals surface area contributed by atoms with E-state index in [4.69, 9.17) is 0 Å². The van der Waals surface area contributed by atoms with Crippen molar-refractivity contribution in [3.05, 3.63) is 117 Å². The molecule has 7 heteroatoms. The van der Waals surface area contributed by atoms with E-state index in [0.717, 1.165) is 37.2 Å². The van der Waals surface area contributed by atoms with Crippen molar-refractivity contribution in [1.82, 2.24) is 20.0 Å². The summed E-state index contributed by atoms with van der Waals surface area (Å²) in [5.74, 6) is -0.460. The number of halogens is 1. The van der Waals surface area contributed by atoms with E-state index in [-0.39, 0.29) is 23.9 Å². The Kier molecular flexibility index (Phi) is 7.55. The van der Waals surface area contributed by atoms with Crippen LogP contribution < -0.4 is 5.32 Å². The van der Waals surface area contributed by atoms with Gasteiger partial charge in [0, 0.05) is 37.0 Å². The number of likely N-dealkylation sites (tertiary alicyclic amines) is 1. The Bertz CT molecular complexity index is 1520. The summed E-state index contributed by atoms with van der Waals surface area (Å²) in [6.45, 7) is 3.88. The van der Waals surface area contributed by atoms with Gasteiger partial charge >= 0.3 is 0 Å². The van der Waals surface area contributed by atoms with Crippen LogP contribution in [-0.4, -0.2) is 39.5 Å². The molecule has 1 amide bonds. The maximum absolute atomic E-state index is 13.1. The molecule has 1 saturated heterocycles. The molecule has 1 fully saturated rings. The van der Waals surface area contributed by atoms with Crippen LogP contribution in [0.5, 0.6) is 0 Å². The number of fused-ring (bicyclic) bond motifs is 1. The van der Waals surface area contributed by atoms with Crippen molar-refractivity contribution < 1.29 is 14.0 Å². The van der Waals surface area contributed by atoms with Crippen molar-refractivity contribution in [2.45, 2.75) is 51.6 Å². The van der Waals surface area contributed by atoms with Crippen molar-refractivity contribution in [2.24, 2.45) is 0 Å². The van der Waals surface area contributed by atoms with Gasteiger partial charge in [0.25, 0.3) is 5.91 Å². The van der Waals surface area contributed by atoms with Crippen LogP contribution in [0.15, 0.2) is 83.9 Å². The average molecular weight is 537 g/mol.